The van der Waals surface area contributed by atoms with E-state index in [0.717, 1.165) is 15.7 Å². The Morgan fingerprint density at radius 3 is 2.61 bits per heavy atom. The maximum Gasteiger partial charge on any atom is 0.0438 e. The van der Waals surface area contributed by atoms with Crippen LogP contribution in [0.2, 0.25) is 0 Å². The van der Waals surface area contributed by atoms with Crippen molar-refractivity contribution in [3.63, 3.8) is 0 Å². The smallest absolute Gasteiger partial charge is 0.0438 e. The summed E-state index contributed by atoms with van der Waals surface area (Å²) in [6, 6.07) is 14.6. The molecule has 0 fully saturated rings. The molecule has 2 nitrogen and oxygen atoms in total. The van der Waals surface area contributed by atoms with Crippen molar-refractivity contribution in [2.75, 3.05) is 11.9 Å². The van der Waals surface area contributed by atoms with Crippen molar-refractivity contribution in [3.05, 3.63) is 58.1 Å². The normalized spacial score (nSPS) is 10.4. The van der Waals surface area contributed by atoms with Crippen LogP contribution >= 0.6 is 15.9 Å². The topological polar surface area (TPSA) is 29.3 Å². The monoisotopic (exact) mass is 304 g/mol. The number of nitrogens with two attached hydrogens (primary N) is 1. The second-order valence-corrected chi connectivity index (χ2v) is 5.28. The third kappa shape index (κ3) is 2.74. The zero-order valence-corrected chi connectivity index (χ0v) is 12.2. The highest BCUT2D eigenvalue weighted by atomic mass is 79.9. The second kappa shape index (κ2) is 5.55. The van der Waals surface area contributed by atoms with Crippen molar-refractivity contribution in [3.8, 4) is 0 Å². The third-order valence-corrected chi connectivity index (χ3v) is 3.55. The summed E-state index contributed by atoms with van der Waals surface area (Å²) in [6.07, 6.45) is 0. The van der Waals surface area contributed by atoms with Gasteiger partial charge in [0.15, 0.2) is 0 Å². The molecule has 0 spiro atoms. The number of rotatable bonds is 3. The van der Waals surface area contributed by atoms with Crippen LogP contribution in [0.1, 0.15) is 11.1 Å². The number of anilines is 2. The largest absolute Gasteiger partial charge is 0.344 e. The van der Waals surface area contributed by atoms with E-state index in [-0.39, 0.29) is 0 Å². The van der Waals surface area contributed by atoms with Gasteiger partial charge >= 0.3 is 0 Å². The summed E-state index contributed by atoms with van der Waals surface area (Å²) >= 11 is 3.49. The van der Waals surface area contributed by atoms with Crippen LogP contribution in [-0.4, -0.2) is 7.05 Å². The minimum atomic E-state index is 0.570. The highest BCUT2D eigenvalue weighted by Gasteiger charge is 2.07. The van der Waals surface area contributed by atoms with E-state index in [9.17, 15) is 0 Å². The Kier molecular flexibility index (Phi) is 4.04. The van der Waals surface area contributed by atoms with E-state index in [2.05, 4.69) is 65.1 Å². The first-order chi connectivity index (χ1) is 8.61. The van der Waals surface area contributed by atoms with Crippen LogP contribution in [0.5, 0.6) is 0 Å². The van der Waals surface area contributed by atoms with Gasteiger partial charge in [-0.2, -0.15) is 0 Å². The predicted molar refractivity (Wildman–Crippen MR) is 81.3 cm³/mol. The van der Waals surface area contributed by atoms with Gasteiger partial charge in [-0.1, -0.05) is 28.1 Å². The fourth-order valence-corrected chi connectivity index (χ4v) is 2.50. The van der Waals surface area contributed by atoms with Gasteiger partial charge in [-0.15, -0.1) is 0 Å². The fourth-order valence-electron chi connectivity index (χ4n) is 2.03. The first-order valence-electron chi connectivity index (χ1n) is 5.90. The molecule has 0 aliphatic rings. The van der Waals surface area contributed by atoms with Crippen LogP contribution in [0.3, 0.4) is 0 Å². The minimum Gasteiger partial charge on any atom is -0.344 e. The van der Waals surface area contributed by atoms with Crippen molar-refractivity contribution in [1.29, 1.82) is 0 Å². The molecule has 2 rings (SSSR count). The van der Waals surface area contributed by atoms with Crippen LogP contribution in [0.4, 0.5) is 11.4 Å². The summed E-state index contributed by atoms with van der Waals surface area (Å²) in [5.74, 6) is 0. The van der Waals surface area contributed by atoms with Crippen LogP contribution < -0.4 is 10.6 Å². The van der Waals surface area contributed by atoms with Crippen LogP contribution in [0.25, 0.3) is 0 Å². The molecule has 0 saturated heterocycles. The van der Waals surface area contributed by atoms with Gasteiger partial charge in [0.25, 0.3) is 0 Å². The number of nitrogens with zero attached hydrogens (tertiary/aromatic N) is 1. The van der Waals surface area contributed by atoms with E-state index >= 15 is 0 Å². The highest BCUT2D eigenvalue weighted by molar-refractivity contribution is 9.10. The third-order valence-electron chi connectivity index (χ3n) is 3.05. The lowest BCUT2D eigenvalue weighted by molar-refractivity contribution is 1.06. The number of hydrogen-bond acceptors (Lipinski definition) is 2. The Labute approximate surface area is 117 Å². The molecular formula is C15H17BrN2. The van der Waals surface area contributed by atoms with Crippen molar-refractivity contribution in [1.82, 2.24) is 0 Å². The molecule has 3 heteroatoms. The summed E-state index contributed by atoms with van der Waals surface area (Å²) < 4.78 is 1.10. The zero-order valence-electron chi connectivity index (χ0n) is 10.7. The quantitative estimate of drug-likeness (QED) is 0.929. The molecule has 0 atom stereocenters. The van der Waals surface area contributed by atoms with E-state index < -0.39 is 0 Å². The van der Waals surface area contributed by atoms with Crippen molar-refractivity contribution >= 4 is 27.3 Å². The number of benzene rings is 2. The van der Waals surface area contributed by atoms with Gasteiger partial charge < -0.3 is 10.6 Å². The Hall–Kier alpha value is -1.32. The van der Waals surface area contributed by atoms with Gasteiger partial charge in [0.05, 0.1) is 0 Å². The summed E-state index contributed by atoms with van der Waals surface area (Å²) in [5.41, 5.74) is 10.4. The fraction of sp³-hybridized carbons (Fsp3) is 0.200. The highest BCUT2D eigenvalue weighted by Crippen LogP contribution is 2.29. The van der Waals surface area contributed by atoms with Gasteiger partial charge in [-0.3, -0.25) is 0 Å². The molecule has 0 unspecified atom stereocenters. The molecular weight excluding hydrogens is 288 g/mol. The second-order valence-electron chi connectivity index (χ2n) is 4.36. The van der Waals surface area contributed by atoms with Crippen LogP contribution in [0.15, 0.2) is 46.9 Å². The molecule has 2 aromatic carbocycles. The SMILES string of the molecule is Cc1cc(Br)ccc1N(C)c1cccc(CN)c1. The van der Waals surface area contributed by atoms with Gasteiger partial charge in [0.1, 0.15) is 0 Å². The number of aryl methyl sites for hydroxylation is 1. The zero-order chi connectivity index (χ0) is 13.1. The first kappa shape index (κ1) is 13.1. The van der Waals surface area contributed by atoms with Crippen LogP contribution in [0, 0.1) is 6.92 Å². The Bertz CT molecular complexity index is 552. The van der Waals surface area contributed by atoms with E-state index in [0.29, 0.717) is 6.54 Å². The standard InChI is InChI=1S/C15H17BrN2/c1-11-8-13(16)6-7-15(11)18(2)14-5-3-4-12(9-14)10-17/h3-9H,10,17H2,1-2H3. The molecule has 18 heavy (non-hydrogen) atoms. The number of halogens is 1. The summed E-state index contributed by atoms with van der Waals surface area (Å²) in [6.45, 7) is 2.68. The first-order valence-corrected chi connectivity index (χ1v) is 6.70. The molecule has 94 valence electrons. The lowest BCUT2D eigenvalue weighted by Gasteiger charge is -2.22. The van der Waals surface area contributed by atoms with Gasteiger partial charge in [-0.25, -0.2) is 0 Å². The van der Waals surface area contributed by atoms with Gasteiger partial charge in [-0.05, 0) is 48.4 Å². The van der Waals surface area contributed by atoms with Crippen molar-refractivity contribution in [2.24, 2.45) is 5.73 Å². The minimum absolute atomic E-state index is 0.570. The molecule has 0 amide bonds. The van der Waals surface area contributed by atoms with E-state index in [1.54, 1.807) is 0 Å². The maximum absolute atomic E-state index is 5.68. The lowest BCUT2D eigenvalue weighted by Crippen LogP contribution is -2.11. The Balaban J connectivity index is 2.37. The molecule has 0 aliphatic heterocycles. The number of hydrogen-bond donors (Lipinski definition) is 1. The van der Waals surface area contributed by atoms with E-state index in [1.165, 1.54) is 11.3 Å². The van der Waals surface area contributed by atoms with Crippen molar-refractivity contribution < 1.29 is 0 Å². The Morgan fingerprint density at radius 1 is 1.17 bits per heavy atom. The molecule has 2 aromatic rings. The average molecular weight is 305 g/mol. The average Bonchev–Trinajstić information content (AvgIpc) is 2.38. The Morgan fingerprint density at radius 2 is 1.94 bits per heavy atom. The van der Waals surface area contributed by atoms with Gasteiger partial charge in [0, 0.05) is 29.4 Å². The molecule has 2 N–H and O–H groups in total. The van der Waals surface area contributed by atoms with Gasteiger partial charge in [0.2, 0.25) is 0 Å². The lowest BCUT2D eigenvalue weighted by atomic mass is 10.1. The predicted octanol–water partition coefficient (Wildman–Crippen LogP) is 3.98. The molecule has 0 saturated carbocycles. The van der Waals surface area contributed by atoms with E-state index in [4.69, 9.17) is 5.73 Å². The molecule has 0 aromatic heterocycles. The molecule has 0 bridgehead atoms. The molecule has 0 radical (unpaired) electrons. The molecule has 0 aliphatic carbocycles. The molecule has 0 heterocycles. The van der Waals surface area contributed by atoms with Crippen molar-refractivity contribution in [2.45, 2.75) is 13.5 Å². The summed E-state index contributed by atoms with van der Waals surface area (Å²) in [7, 11) is 2.08. The van der Waals surface area contributed by atoms with Crippen LogP contribution in [-0.2, 0) is 6.54 Å². The summed E-state index contributed by atoms with van der Waals surface area (Å²) in [5, 5.41) is 0. The summed E-state index contributed by atoms with van der Waals surface area (Å²) in [4.78, 5) is 2.18. The van der Waals surface area contributed by atoms with E-state index in [1.807, 2.05) is 12.1 Å². The maximum atomic E-state index is 5.68.